The summed E-state index contributed by atoms with van der Waals surface area (Å²) in [6, 6.07) is 19.3. The first-order valence-corrected chi connectivity index (χ1v) is 13.9. The highest BCUT2D eigenvalue weighted by Gasteiger charge is 2.50. The molecule has 3 aliphatic rings. The third kappa shape index (κ3) is 5.19. The SMILES string of the molecule is CC1CC2CC(C)(Nc3ccc(-c4ccccc4)nc3)CC(NCC(=O)N3Cc4ccc(F)cc4C3)(C1)C2. The van der Waals surface area contributed by atoms with Crippen LogP contribution in [0.25, 0.3) is 11.3 Å². The number of hydrogen-bond acceptors (Lipinski definition) is 4. The Labute approximate surface area is 224 Å². The van der Waals surface area contributed by atoms with Crippen LogP contribution in [0.3, 0.4) is 0 Å². The zero-order valence-electron chi connectivity index (χ0n) is 22.3. The third-order valence-electron chi connectivity index (χ3n) is 8.76. The van der Waals surface area contributed by atoms with Gasteiger partial charge in [-0.15, -0.1) is 0 Å². The van der Waals surface area contributed by atoms with Gasteiger partial charge in [0.05, 0.1) is 24.1 Å². The quantitative estimate of drug-likeness (QED) is 0.415. The minimum atomic E-state index is -0.240. The van der Waals surface area contributed by atoms with Crippen molar-refractivity contribution in [3.05, 3.63) is 83.8 Å². The number of nitrogens with one attached hydrogen (secondary N) is 2. The first-order chi connectivity index (χ1) is 18.3. The number of fused-ring (bicyclic) bond motifs is 3. The molecule has 0 spiro atoms. The fourth-order valence-corrected chi connectivity index (χ4v) is 7.61. The highest BCUT2D eigenvalue weighted by molar-refractivity contribution is 5.79. The second-order valence-electron chi connectivity index (χ2n) is 12.3. The van der Waals surface area contributed by atoms with E-state index in [9.17, 15) is 9.18 Å². The molecule has 0 radical (unpaired) electrons. The molecule has 3 aromatic rings. The number of rotatable bonds is 6. The van der Waals surface area contributed by atoms with Crippen LogP contribution in [0.15, 0.2) is 66.9 Å². The van der Waals surface area contributed by atoms with Crippen molar-refractivity contribution in [1.82, 2.24) is 15.2 Å². The number of benzene rings is 2. The van der Waals surface area contributed by atoms with Crippen LogP contribution in [0.4, 0.5) is 10.1 Å². The topological polar surface area (TPSA) is 57.3 Å². The molecule has 1 amide bonds. The number of nitrogens with zero attached hydrogens (tertiary/aromatic N) is 2. The number of carbonyl (C=O) groups excluding carboxylic acids is 1. The van der Waals surface area contributed by atoms with Crippen molar-refractivity contribution in [1.29, 1.82) is 0 Å². The van der Waals surface area contributed by atoms with Gasteiger partial charge in [-0.05, 0) is 86.3 Å². The highest BCUT2D eigenvalue weighted by atomic mass is 19.1. The van der Waals surface area contributed by atoms with Gasteiger partial charge in [0.1, 0.15) is 5.82 Å². The number of amides is 1. The standard InChI is InChI=1S/C32H37FN4O/c1-22-12-23-15-31(2,36-28-10-11-29(34-17-28)24-6-4-3-5-7-24)21-32(14-22,16-23)35-18-30(38)37-19-25-8-9-27(33)13-26(25)20-37/h3-11,13,17,22-23,35-36H,12,14-16,18-21H2,1-2H3. The Morgan fingerprint density at radius 3 is 2.66 bits per heavy atom. The number of carbonyl (C=O) groups is 1. The number of pyridine rings is 1. The monoisotopic (exact) mass is 512 g/mol. The van der Waals surface area contributed by atoms with Gasteiger partial charge in [-0.3, -0.25) is 9.78 Å². The van der Waals surface area contributed by atoms with Crippen LogP contribution >= 0.6 is 0 Å². The second kappa shape index (κ2) is 9.81. The summed E-state index contributed by atoms with van der Waals surface area (Å²) in [6.45, 7) is 6.04. The molecule has 2 fully saturated rings. The summed E-state index contributed by atoms with van der Waals surface area (Å²) in [5.74, 6) is 1.10. The summed E-state index contributed by atoms with van der Waals surface area (Å²) in [6.07, 6.45) is 7.43. The van der Waals surface area contributed by atoms with Crippen LogP contribution in [-0.2, 0) is 17.9 Å². The van der Waals surface area contributed by atoms with Crippen LogP contribution in [0.5, 0.6) is 0 Å². The Hall–Kier alpha value is -3.25. The predicted molar refractivity (Wildman–Crippen MR) is 149 cm³/mol. The van der Waals surface area contributed by atoms with E-state index in [2.05, 4.69) is 48.7 Å². The van der Waals surface area contributed by atoms with Crippen molar-refractivity contribution in [2.24, 2.45) is 11.8 Å². The zero-order chi connectivity index (χ0) is 26.3. The lowest BCUT2D eigenvalue weighted by molar-refractivity contribution is -0.131. The minimum Gasteiger partial charge on any atom is -0.379 e. The number of halogens is 1. The molecule has 6 heteroatoms. The summed E-state index contributed by atoms with van der Waals surface area (Å²) in [4.78, 5) is 19.8. The molecular weight excluding hydrogens is 475 g/mol. The Kier molecular flexibility index (Phi) is 6.47. The molecule has 5 nitrogen and oxygen atoms in total. The Bertz CT molecular complexity index is 1310. The summed E-state index contributed by atoms with van der Waals surface area (Å²) < 4.78 is 13.7. The molecule has 38 heavy (non-hydrogen) atoms. The Morgan fingerprint density at radius 1 is 1.05 bits per heavy atom. The van der Waals surface area contributed by atoms with Crippen molar-refractivity contribution < 1.29 is 9.18 Å². The van der Waals surface area contributed by atoms with E-state index in [0.29, 0.717) is 31.5 Å². The summed E-state index contributed by atoms with van der Waals surface area (Å²) >= 11 is 0. The van der Waals surface area contributed by atoms with Gasteiger partial charge < -0.3 is 15.5 Å². The van der Waals surface area contributed by atoms with Gasteiger partial charge in [0.15, 0.2) is 0 Å². The molecular formula is C32H37FN4O. The molecule has 2 aromatic carbocycles. The molecule has 2 heterocycles. The van der Waals surface area contributed by atoms with E-state index in [-0.39, 0.29) is 22.8 Å². The van der Waals surface area contributed by atoms with Gasteiger partial charge >= 0.3 is 0 Å². The Morgan fingerprint density at radius 2 is 1.87 bits per heavy atom. The maximum atomic E-state index is 13.7. The van der Waals surface area contributed by atoms with Gasteiger partial charge in [0, 0.05) is 29.7 Å². The second-order valence-corrected chi connectivity index (χ2v) is 12.3. The Balaban J connectivity index is 1.13. The van der Waals surface area contributed by atoms with Crippen LogP contribution in [-0.4, -0.2) is 33.4 Å². The van der Waals surface area contributed by atoms with Crippen molar-refractivity contribution >= 4 is 11.6 Å². The lowest BCUT2D eigenvalue weighted by Gasteiger charge is -2.55. The lowest BCUT2D eigenvalue weighted by atomic mass is 9.58. The highest BCUT2D eigenvalue weighted by Crippen LogP contribution is 2.49. The van der Waals surface area contributed by atoms with Gasteiger partial charge in [-0.1, -0.05) is 43.3 Å². The van der Waals surface area contributed by atoms with Crippen LogP contribution in [0.1, 0.15) is 57.1 Å². The van der Waals surface area contributed by atoms with Crippen molar-refractivity contribution in [2.45, 2.75) is 70.1 Å². The summed E-state index contributed by atoms with van der Waals surface area (Å²) in [5.41, 5.74) is 4.93. The number of hydrogen-bond donors (Lipinski definition) is 2. The molecule has 2 aliphatic carbocycles. The van der Waals surface area contributed by atoms with E-state index in [1.54, 1.807) is 12.1 Å². The van der Waals surface area contributed by atoms with E-state index in [1.165, 1.54) is 12.5 Å². The smallest absolute Gasteiger partial charge is 0.237 e. The summed E-state index contributed by atoms with van der Waals surface area (Å²) in [7, 11) is 0. The molecule has 1 aromatic heterocycles. The average molecular weight is 513 g/mol. The minimum absolute atomic E-state index is 0.0753. The van der Waals surface area contributed by atoms with Gasteiger partial charge in [-0.2, -0.15) is 0 Å². The lowest BCUT2D eigenvalue weighted by Crippen LogP contribution is -2.62. The summed E-state index contributed by atoms with van der Waals surface area (Å²) in [5, 5.41) is 7.59. The normalized spacial score (nSPS) is 28.1. The molecule has 2 saturated carbocycles. The molecule has 6 rings (SSSR count). The molecule has 4 atom stereocenters. The third-order valence-corrected chi connectivity index (χ3v) is 8.76. The molecule has 2 bridgehead atoms. The maximum absolute atomic E-state index is 13.7. The van der Waals surface area contributed by atoms with Crippen LogP contribution in [0.2, 0.25) is 0 Å². The first-order valence-electron chi connectivity index (χ1n) is 13.9. The molecule has 2 N–H and O–H groups in total. The van der Waals surface area contributed by atoms with E-state index in [4.69, 9.17) is 4.98 Å². The van der Waals surface area contributed by atoms with Crippen LogP contribution in [0, 0.1) is 17.7 Å². The van der Waals surface area contributed by atoms with Crippen LogP contribution < -0.4 is 10.6 Å². The average Bonchev–Trinajstić information content (AvgIpc) is 3.30. The van der Waals surface area contributed by atoms with Gasteiger partial charge in [0.25, 0.3) is 0 Å². The van der Waals surface area contributed by atoms with E-state index in [1.807, 2.05) is 29.3 Å². The van der Waals surface area contributed by atoms with Gasteiger partial charge in [-0.25, -0.2) is 4.39 Å². The number of aromatic nitrogens is 1. The van der Waals surface area contributed by atoms with Gasteiger partial charge in [0.2, 0.25) is 5.91 Å². The predicted octanol–water partition coefficient (Wildman–Crippen LogP) is 6.16. The fraction of sp³-hybridized carbons (Fsp3) is 0.438. The molecule has 0 saturated heterocycles. The van der Waals surface area contributed by atoms with E-state index < -0.39 is 0 Å². The molecule has 198 valence electrons. The molecule has 4 unspecified atom stereocenters. The van der Waals surface area contributed by atoms with Crippen molar-refractivity contribution in [3.63, 3.8) is 0 Å². The van der Waals surface area contributed by atoms with Crippen molar-refractivity contribution in [2.75, 3.05) is 11.9 Å². The maximum Gasteiger partial charge on any atom is 0.237 e. The number of anilines is 1. The van der Waals surface area contributed by atoms with E-state index >= 15 is 0 Å². The first kappa shape index (κ1) is 25.1. The molecule has 1 aliphatic heterocycles. The largest absolute Gasteiger partial charge is 0.379 e. The van der Waals surface area contributed by atoms with Crippen molar-refractivity contribution in [3.8, 4) is 11.3 Å². The zero-order valence-corrected chi connectivity index (χ0v) is 22.3. The van der Waals surface area contributed by atoms with E-state index in [0.717, 1.165) is 53.8 Å². The fourth-order valence-electron chi connectivity index (χ4n) is 7.61.